The average molecular weight is 333 g/mol. The number of hydrogen-bond acceptors (Lipinski definition) is 6. The lowest BCUT2D eigenvalue weighted by molar-refractivity contribution is 0.224. The Balaban J connectivity index is 1.64. The molecule has 0 N–H and O–H groups in total. The standard InChI is InChI=1S/C17H23N3O2S/c1-3-21-15-9-5-4-8-14(15)16-18-19-17(22-16)23-12-13-7-6-10-20(2)11-13/h4-5,8-9,13H,3,6-7,10-12H2,1-2H3/t13-/m1/s1. The van der Waals surface area contributed by atoms with Gasteiger partial charge < -0.3 is 14.1 Å². The number of thioether (sulfide) groups is 1. The van der Waals surface area contributed by atoms with Crippen molar-refractivity contribution >= 4 is 11.8 Å². The van der Waals surface area contributed by atoms with Crippen LogP contribution in [-0.2, 0) is 0 Å². The molecule has 1 saturated heterocycles. The third-order valence-electron chi connectivity index (χ3n) is 3.99. The molecule has 0 unspecified atom stereocenters. The fourth-order valence-corrected chi connectivity index (χ4v) is 3.79. The first kappa shape index (κ1) is 16.3. The molecule has 6 heteroatoms. The van der Waals surface area contributed by atoms with Crippen LogP contribution < -0.4 is 4.74 Å². The first-order chi connectivity index (χ1) is 11.3. The number of rotatable bonds is 6. The van der Waals surface area contributed by atoms with Crippen molar-refractivity contribution in [3.05, 3.63) is 24.3 Å². The predicted molar refractivity (Wildman–Crippen MR) is 91.8 cm³/mol. The summed E-state index contributed by atoms with van der Waals surface area (Å²) >= 11 is 1.66. The Labute approximate surface area is 141 Å². The van der Waals surface area contributed by atoms with Crippen molar-refractivity contribution < 1.29 is 9.15 Å². The second kappa shape index (κ2) is 7.84. The summed E-state index contributed by atoms with van der Waals surface area (Å²) in [6.07, 6.45) is 2.56. The van der Waals surface area contributed by atoms with E-state index in [1.165, 1.54) is 19.4 Å². The number of hydrogen-bond donors (Lipinski definition) is 0. The van der Waals surface area contributed by atoms with Gasteiger partial charge in [-0.05, 0) is 51.4 Å². The quantitative estimate of drug-likeness (QED) is 0.753. The zero-order chi connectivity index (χ0) is 16.1. The average Bonchev–Trinajstić information content (AvgIpc) is 3.03. The van der Waals surface area contributed by atoms with Gasteiger partial charge in [-0.2, -0.15) is 0 Å². The van der Waals surface area contributed by atoms with E-state index in [1.807, 2.05) is 31.2 Å². The summed E-state index contributed by atoms with van der Waals surface area (Å²) in [4.78, 5) is 2.40. The van der Waals surface area contributed by atoms with Crippen LogP contribution in [0.25, 0.3) is 11.5 Å². The van der Waals surface area contributed by atoms with E-state index in [4.69, 9.17) is 9.15 Å². The molecule has 0 amide bonds. The number of aromatic nitrogens is 2. The van der Waals surface area contributed by atoms with E-state index < -0.39 is 0 Å². The second-order valence-corrected chi connectivity index (χ2v) is 6.86. The van der Waals surface area contributed by atoms with Crippen molar-refractivity contribution in [3.8, 4) is 17.2 Å². The fourth-order valence-electron chi connectivity index (χ4n) is 2.90. The number of para-hydroxylation sites is 1. The van der Waals surface area contributed by atoms with Gasteiger partial charge in [-0.25, -0.2) is 0 Å². The normalized spacial score (nSPS) is 19.0. The molecule has 1 aromatic heterocycles. The van der Waals surface area contributed by atoms with Crippen molar-refractivity contribution in [2.45, 2.75) is 25.0 Å². The van der Waals surface area contributed by atoms with Gasteiger partial charge >= 0.3 is 0 Å². The van der Waals surface area contributed by atoms with Crippen LogP contribution in [0.4, 0.5) is 0 Å². The van der Waals surface area contributed by atoms with Gasteiger partial charge in [-0.3, -0.25) is 0 Å². The molecule has 0 saturated carbocycles. The molecule has 0 spiro atoms. The molecule has 1 atom stereocenters. The molecular formula is C17H23N3O2S. The van der Waals surface area contributed by atoms with Gasteiger partial charge in [0.25, 0.3) is 11.1 Å². The Bertz CT molecular complexity index is 632. The van der Waals surface area contributed by atoms with Gasteiger partial charge in [0.05, 0.1) is 12.2 Å². The van der Waals surface area contributed by atoms with Crippen molar-refractivity contribution in [2.24, 2.45) is 5.92 Å². The maximum absolute atomic E-state index is 5.82. The highest BCUT2D eigenvalue weighted by molar-refractivity contribution is 7.99. The van der Waals surface area contributed by atoms with E-state index in [-0.39, 0.29) is 0 Å². The van der Waals surface area contributed by atoms with Gasteiger partial charge in [-0.1, -0.05) is 23.9 Å². The number of likely N-dealkylation sites (tertiary alicyclic amines) is 1. The Kier molecular flexibility index (Phi) is 5.56. The fraction of sp³-hybridized carbons (Fsp3) is 0.529. The summed E-state index contributed by atoms with van der Waals surface area (Å²) in [6.45, 7) is 4.94. The van der Waals surface area contributed by atoms with E-state index in [2.05, 4.69) is 22.1 Å². The Morgan fingerprint density at radius 1 is 1.35 bits per heavy atom. The number of nitrogens with zero attached hydrogens (tertiary/aromatic N) is 3. The minimum absolute atomic E-state index is 0.525. The summed E-state index contributed by atoms with van der Waals surface area (Å²) in [5.41, 5.74) is 0.853. The molecule has 2 aromatic rings. The molecule has 1 aromatic carbocycles. The topological polar surface area (TPSA) is 51.4 Å². The maximum atomic E-state index is 5.82. The van der Waals surface area contributed by atoms with Crippen LogP contribution in [0.5, 0.6) is 5.75 Å². The van der Waals surface area contributed by atoms with Crippen molar-refractivity contribution in [1.82, 2.24) is 15.1 Å². The van der Waals surface area contributed by atoms with Crippen molar-refractivity contribution in [3.63, 3.8) is 0 Å². The second-order valence-electron chi connectivity index (χ2n) is 5.88. The SMILES string of the molecule is CCOc1ccccc1-c1nnc(SC[C@@H]2CCCN(C)C2)o1. The molecule has 23 heavy (non-hydrogen) atoms. The molecular weight excluding hydrogens is 310 g/mol. The summed E-state index contributed by atoms with van der Waals surface area (Å²) in [5, 5.41) is 8.99. The third-order valence-corrected chi connectivity index (χ3v) is 5.04. The van der Waals surface area contributed by atoms with E-state index in [1.54, 1.807) is 11.8 Å². The Hall–Kier alpha value is -1.53. The van der Waals surface area contributed by atoms with Gasteiger partial charge in [-0.15, -0.1) is 10.2 Å². The van der Waals surface area contributed by atoms with Crippen molar-refractivity contribution in [2.75, 3.05) is 32.5 Å². The molecule has 1 aliphatic rings. The molecule has 1 aliphatic heterocycles. The number of ether oxygens (including phenoxy) is 1. The number of piperidine rings is 1. The zero-order valence-corrected chi connectivity index (χ0v) is 14.5. The molecule has 1 fully saturated rings. The van der Waals surface area contributed by atoms with E-state index in [0.29, 0.717) is 23.6 Å². The van der Waals surface area contributed by atoms with Gasteiger partial charge in [0, 0.05) is 12.3 Å². The third kappa shape index (κ3) is 4.26. The molecule has 3 rings (SSSR count). The van der Waals surface area contributed by atoms with Crippen molar-refractivity contribution in [1.29, 1.82) is 0 Å². The van der Waals surface area contributed by atoms with Crippen LogP contribution >= 0.6 is 11.8 Å². The van der Waals surface area contributed by atoms with Gasteiger partial charge in [0.2, 0.25) is 0 Å². The lowest BCUT2D eigenvalue weighted by Crippen LogP contribution is -2.33. The molecule has 2 heterocycles. The highest BCUT2D eigenvalue weighted by Crippen LogP contribution is 2.31. The number of benzene rings is 1. The van der Waals surface area contributed by atoms with E-state index >= 15 is 0 Å². The van der Waals surface area contributed by atoms with Crippen LogP contribution in [0.3, 0.4) is 0 Å². The minimum atomic E-state index is 0.525. The lowest BCUT2D eigenvalue weighted by Gasteiger charge is -2.28. The van der Waals surface area contributed by atoms with E-state index in [0.717, 1.165) is 23.6 Å². The van der Waals surface area contributed by atoms with Crippen LogP contribution in [0.2, 0.25) is 0 Å². The summed E-state index contributed by atoms with van der Waals surface area (Å²) in [7, 11) is 2.19. The molecule has 124 valence electrons. The summed E-state index contributed by atoms with van der Waals surface area (Å²) < 4.78 is 11.4. The molecule has 5 nitrogen and oxygen atoms in total. The van der Waals surface area contributed by atoms with Crippen LogP contribution in [-0.4, -0.2) is 47.6 Å². The van der Waals surface area contributed by atoms with Crippen LogP contribution in [0.1, 0.15) is 19.8 Å². The highest BCUT2D eigenvalue weighted by atomic mass is 32.2. The molecule has 0 bridgehead atoms. The lowest BCUT2D eigenvalue weighted by atomic mass is 10.0. The Morgan fingerprint density at radius 3 is 3.04 bits per heavy atom. The smallest absolute Gasteiger partial charge is 0.276 e. The monoisotopic (exact) mass is 333 g/mol. The van der Waals surface area contributed by atoms with Gasteiger partial charge in [0.15, 0.2) is 0 Å². The predicted octanol–water partition coefficient (Wildman–Crippen LogP) is 3.57. The first-order valence-electron chi connectivity index (χ1n) is 8.13. The molecule has 0 radical (unpaired) electrons. The Morgan fingerprint density at radius 2 is 2.22 bits per heavy atom. The summed E-state index contributed by atoms with van der Waals surface area (Å²) in [6, 6.07) is 7.77. The zero-order valence-electron chi connectivity index (χ0n) is 13.7. The maximum Gasteiger partial charge on any atom is 0.276 e. The van der Waals surface area contributed by atoms with Gasteiger partial charge in [0.1, 0.15) is 5.75 Å². The minimum Gasteiger partial charge on any atom is -0.493 e. The molecule has 0 aliphatic carbocycles. The van der Waals surface area contributed by atoms with Crippen LogP contribution in [0.15, 0.2) is 33.9 Å². The summed E-state index contributed by atoms with van der Waals surface area (Å²) in [5.74, 6) is 3.03. The highest BCUT2D eigenvalue weighted by Gasteiger charge is 2.19. The van der Waals surface area contributed by atoms with Crippen LogP contribution in [0, 0.1) is 5.92 Å². The largest absolute Gasteiger partial charge is 0.493 e. The van der Waals surface area contributed by atoms with E-state index in [9.17, 15) is 0 Å². The first-order valence-corrected chi connectivity index (χ1v) is 9.12.